The molecule has 5 fully saturated rings. The monoisotopic (exact) mass is 570 g/mol. The predicted octanol–water partition coefficient (Wildman–Crippen LogP) is -0.947. The minimum atomic E-state index is -0.516. The molecule has 1 aromatic rings. The van der Waals surface area contributed by atoms with Crippen LogP contribution in [-0.4, -0.2) is 110 Å². The molecule has 8 rings (SSSR count). The molecule has 0 aliphatic carbocycles. The highest BCUT2D eigenvalue weighted by atomic mass is 32.2. The molecule has 8 atom stereocenters. The first-order valence-corrected chi connectivity index (χ1v) is 15.5. The average molecular weight is 571 g/mol. The van der Waals surface area contributed by atoms with Crippen molar-refractivity contribution in [2.75, 3.05) is 64.5 Å². The summed E-state index contributed by atoms with van der Waals surface area (Å²) in [5.74, 6) is 0.779. The number of carbonyl (C=O) groups excluding carboxylic acids is 1. The SMILES string of the molecule is O=C1C=C(N2CCOCC2)OC2C1OCC2C1NCC(NC2NC(c3ccc4c(c3)NNC4)CN3CCNC23)S1. The van der Waals surface area contributed by atoms with Gasteiger partial charge in [0.15, 0.2) is 17.8 Å². The summed E-state index contributed by atoms with van der Waals surface area (Å²) in [4.78, 5) is 17.6. The fourth-order valence-corrected chi connectivity index (χ4v) is 8.46. The number of hydrazine groups is 1. The zero-order chi connectivity index (χ0) is 26.6. The molecule has 1 aromatic carbocycles. The van der Waals surface area contributed by atoms with E-state index in [1.807, 2.05) is 11.8 Å². The lowest BCUT2D eigenvalue weighted by Gasteiger charge is -2.43. The molecule has 8 unspecified atom stereocenters. The minimum Gasteiger partial charge on any atom is -0.472 e. The summed E-state index contributed by atoms with van der Waals surface area (Å²) in [5.41, 5.74) is 10.3. The Morgan fingerprint density at radius 3 is 2.98 bits per heavy atom. The molecule has 7 heterocycles. The molecular formula is C27H38N8O4S. The van der Waals surface area contributed by atoms with Gasteiger partial charge in [-0.15, -0.1) is 11.8 Å². The topological polar surface area (TPSA) is 123 Å². The van der Waals surface area contributed by atoms with Crippen LogP contribution in [0.25, 0.3) is 0 Å². The quantitative estimate of drug-likeness (QED) is 0.261. The van der Waals surface area contributed by atoms with Crippen LogP contribution in [0.5, 0.6) is 0 Å². The minimum absolute atomic E-state index is 0.0142. The van der Waals surface area contributed by atoms with Gasteiger partial charge in [0.1, 0.15) is 6.10 Å². The van der Waals surface area contributed by atoms with Gasteiger partial charge in [-0.1, -0.05) is 12.1 Å². The first kappa shape index (κ1) is 25.7. The molecule has 40 heavy (non-hydrogen) atoms. The van der Waals surface area contributed by atoms with E-state index in [0.29, 0.717) is 25.7 Å². The Morgan fingerprint density at radius 1 is 1.12 bits per heavy atom. The fourth-order valence-electron chi connectivity index (χ4n) is 7.07. The molecule has 5 saturated heterocycles. The third-order valence-corrected chi connectivity index (χ3v) is 10.6. The standard InChI is InChI=1S/C27H38N8O4S/c36-20-10-22(34-5-7-37-8-6-34)39-23-17(14-38-24(20)23)27-29-12-21(40-27)32-25-26-28-3-4-35(26)13-19(31-25)15-1-2-16-11-30-33-18(16)9-15/h1-2,9-10,17,19,21,23-33H,3-8,11-14H2. The van der Waals surface area contributed by atoms with Crippen molar-refractivity contribution in [3.63, 3.8) is 0 Å². The zero-order valence-electron chi connectivity index (χ0n) is 22.4. The van der Waals surface area contributed by atoms with Gasteiger partial charge in [0, 0.05) is 63.8 Å². The van der Waals surface area contributed by atoms with Crippen LogP contribution in [0.1, 0.15) is 17.2 Å². The third kappa shape index (κ3) is 4.71. The lowest BCUT2D eigenvalue weighted by atomic mass is 9.97. The van der Waals surface area contributed by atoms with E-state index in [0.717, 1.165) is 45.8 Å². The van der Waals surface area contributed by atoms with Crippen LogP contribution >= 0.6 is 11.8 Å². The van der Waals surface area contributed by atoms with E-state index in [-0.39, 0.29) is 46.9 Å². The van der Waals surface area contributed by atoms with E-state index in [9.17, 15) is 4.79 Å². The highest BCUT2D eigenvalue weighted by Crippen LogP contribution is 2.39. The summed E-state index contributed by atoms with van der Waals surface area (Å²) in [6.45, 7) is 8.04. The van der Waals surface area contributed by atoms with Crippen LogP contribution < -0.4 is 32.1 Å². The number of thioether (sulfide) groups is 1. The van der Waals surface area contributed by atoms with Gasteiger partial charge in [-0.25, -0.2) is 5.43 Å². The number of rotatable bonds is 5. The molecule has 6 N–H and O–H groups in total. The molecule has 0 spiro atoms. The third-order valence-electron chi connectivity index (χ3n) is 9.18. The van der Waals surface area contributed by atoms with Crippen molar-refractivity contribution in [2.45, 2.75) is 47.9 Å². The number of nitrogens with one attached hydrogen (secondary N) is 6. The number of morpholine rings is 1. The maximum Gasteiger partial charge on any atom is 0.193 e. The van der Waals surface area contributed by atoms with E-state index in [2.05, 4.69) is 60.1 Å². The zero-order valence-corrected chi connectivity index (χ0v) is 23.3. The van der Waals surface area contributed by atoms with Crippen LogP contribution in [-0.2, 0) is 25.5 Å². The Morgan fingerprint density at radius 2 is 2.05 bits per heavy atom. The molecule has 7 aliphatic heterocycles. The lowest BCUT2D eigenvalue weighted by Crippen LogP contribution is -2.66. The second-order valence-electron chi connectivity index (χ2n) is 11.6. The Bertz CT molecular complexity index is 1170. The van der Waals surface area contributed by atoms with Crippen molar-refractivity contribution in [3.8, 4) is 0 Å². The summed E-state index contributed by atoms with van der Waals surface area (Å²) in [6, 6.07) is 7.01. The van der Waals surface area contributed by atoms with Gasteiger partial charge < -0.3 is 29.9 Å². The highest BCUT2D eigenvalue weighted by Gasteiger charge is 2.51. The second kappa shape index (κ2) is 10.7. The van der Waals surface area contributed by atoms with E-state index in [1.54, 1.807) is 6.08 Å². The fraction of sp³-hybridized carbons (Fsp3) is 0.667. The largest absolute Gasteiger partial charge is 0.472 e. The van der Waals surface area contributed by atoms with Crippen molar-refractivity contribution in [3.05, 3.63) is 41.3 Å². The lowest BCUT2D eigenvalue weighted by molar-refractivity contribution is -0.132. The van der Waals surface area contributed by atoms with Gasteiger partial charge in [-0.05, 0) is 17.2 Å². The molecular weight excluding hydrogens is 532 g/mol. The van der Waals surface area contributed by atoms with E-state index in [1.165, 1.54) is 16.8 Å². The van der Waals surface area contributed by atoms with Gasteiger partial charge in [0.2, 0.25) is 0 Å². The summed E-state index contributed by atoms with van der Waals surface area (Å²) >= 11 is 1.89. The predicted molar refractivity (Wildman–Crippen MR) is 150 cm³/mol. The van der Waals surface area contributed by atoms with Gasteiger partial charge in [0.05, 0.1) is 48.6 Å². The van der Waals surface area contributed by atoms with Crippen LogP contribution in [0.15, 0.2) is 30.2 Å². The first-order chi connectivity index (χ1) is 19.7. The maximum atomic E-state index is 12.9. The Labute approximate surface area is 238 Å². The Hall–Kier alpha value is -1.94. The second-order valence-corrected chi connectivity index (χ2v) is 12.9. The highest BCUT2D eigenvalue weighted by molar-refractivity contribution is 8.00. The molecule has 12 nitrogen and oxygen atoms in total. The number of nitrogens with zero attached hydrogens (tertiary/aromatic N) is 2. The summed E-state index contributed by atoms with van der Waals surface area (Å²) < 4.78 is 17.9. The van der Waals surface area contributed by atoms with Gasteiger partial charge in [-0.2, -0.15) is 0 Å². The smallest absolute Gasteiger partial charge is 0.193 e. The van der Waals surface area contributed by atoms with Crippen LogP contribution in [0, 0.1) is 5.92 Å². The Kier molecular flexibility index (Phi) is 6.90. The number of anilines is 1. The molecule has 7 aliphatic rings. The molecule has 0 aromatic heterocycles. The number of carbonyl (C=O) groups is 1. The number of piperazine rings is 1. The number of benzene rings is 1. The molecule has 0 radical (unpaired) electrons. The van der Waals surface area contributed by atoms with E-state index in [4.69, 9.17) is 14.2 Å². The molecule has 0 bridgehead atoms. The Balaban J connectivity index is 0.930. The molecule has 0 amide bonds. The summed E-state index contributed by atoms with van der Waals surface area (Å²) in [6.07, 6.45) is 1.19. The van der Waals surface area contributed by atoms with Crippen molar-refractivity contribution in [1.82, 2.24) is 36.5 Å². The van der Waals surface area contributed by atoms with Gasteiger partial charge >= 0.3 is 0 Å². The number of ketones is 1. The van der Waals surface area contributed by atoms with Crippen LogP contribution in [0.4, 0.5) is 5.69 Å². The first-order valence-electron chi connectivity index (χ1n) is 14.6. The number of hydrogen-bond donors (Lipinski definition) is 6. The van der Waals surface area contributed by atoms with Crippen LogP contribution in [0.3, 0.4) is 0 Å². The van der Waals surface area contributed by atoms with Gasteiger partial charge in [0.25, 0.3) is 0 Å². The van der Waals surface area contributed by atoms with E-state index >= 15 is 0 Å². The van der Waals surface area contributed by atoms with E-state index < -0.39 is 6.10 Å². The average Bonchev–Trinajstić information content (AvgIpc) is 3.79. The van der Waals surface area contributed by atoms with Crippen LogP contribution in [0.2, 0.25) is 0 Å². The number of hydrogen-bond acceptors (Lipinski definition) is 13. The number of fused-ring (bicyclic) bond motifs is 3. The normalized spacial score (nSPS) is 39.4. The van der Waals surface area contributed by atoms with Crippen molar-refractivity contribution < 1.29 is 19.0 Å². The summed E-state index contributed by atoms with van der Waals surface area (Å²) in [7, 11) is 0. The molecule has 0 saturated carbocycles. The molecule has 13 heteroatoms. The molecule has 216 valence electrons. The van der Waals surface area contributed by atoms with Crippen molar-refractivity contribution in [1.29, 1.82) is 0 Å². The van der Waals surface area contributed by atoms with Crippen molar-refractivity contribution >= 4 is 23.2 Å². The number of ether oxygens (including phenoxy) is 3. The van der Waals surface area contributed by atoms with Crippen molar-refractivity contribution in [2.24, 2.45) is 5.92 Å². The maximum absolute atomic E-state index is 12.9. The summed E-state index contributed by atoms with van der Waals surface area (Å²) in [5, 5.41) is 15.6. The van der Waals surface area contributed by atoms with Gasteiger partial charge in [-0.3, -0.25) is 25.6 Å².